The lowest BCUT2D eigenvalue weighted by Crippen LogP contribution is -2.14. The number of aromatic amines is 1. The summed E-state index contributed by atoms with van der Waals surface area (Å²) in [6.45, 7) is 2.24. The molecule has 130 valence electrons. The zero-order chi connectivity index (χ0) is 16.7. The Morgan fingerprint density at radius 1 is 1.17 bits per heavy atom. The summed E-state index contributed by atoms with van der Waals surface area (Å²) >= 11 is 0. The van der Waals surface area contributed by atoms with Crippen molar-refractivity contribution in [3.63, 3.8) is 0 Å². The number of carboxylic acids is 1. The molecule has 0 amide bonds. The Morgan fingerprint density at radius 3 is 2.43 bits per heavy atom. The van der Waals surface area contributed by atoms with E-state index in [2.05, 4.69) is 11.9 Å². The van der Waals surface area contributed by atoms with Gasteiger partial charge in [0.05, 0.1) is 0 Å². The van der Waals surface area contributed by atoms with Crippen LogP contribution in [0.15, 0.2) is 6.20 Å². The first-order valence-electron chi connectivity index (χ1n) is 9.23. The van der Waals surface area contributed by atoms with E-state index in [-0.39, 0.29) is 11.6 Å². The lowest BCUT2D eigenvalue weighted by atomic mass is 9.77. The molecule has 0 spiro atoms. The highest BCUT2D eigenvalue weighted by atomic mass is 19.1. The van der Waals surface area contributed by atoms with Crippen LogP contribution in [0.5, 0.6) is 0 Å². The third-order valence-corrected chi connectivity index (χ3v) is 5.31. The molecule has 0 aromatic carbocycles. The van der Waals surface area contributed by atoms with Gasteiger partial charge in [0.15, 0.2) is 11.5 Å². The topological polar surface area (TPSA) is 53.1 Å². The van der Waals surface area contributed by atoms with Crippen molar-refractivity contribution in [1.29, 1.82) is 0 Å². The van der Waals surface area contributed by atoms with Crippen LogP contribution in [0.3, 0.4) is 0 Å². The standard InChI is InChI=1S/C19H30FNO2/c1-2-3-4-5-6-7-8-14-9-11-15(12-10-14)16-13-21-18(17(16)20)19(22)23/h13-15,21H,2-12H2,1H3,(H,22,23)/t14-,15-. The number of halogens is 1. The molecule has 1 aliphatic carbocycles. The molecule has 3 nitrogen and oxygen atoms in total. The number of aromatic nitrogens is 1. The van der Waals surface area contributed by atoms with Crippen molar-refractivity contribution in [2.24, 2.45) is 5.92 Å². The third kappa shape index (κ3) is 5.08. The molecule has 0 unspecified atom stereocenters. The van der Waals surface area contributed by atoms with Crippen LogP contribution >= 0.6 is 0 Å². The van der Waals surface area contributed by atoms with Gasteiger partial charge in [0.25, 0.3) is 0 Å². The minimum absolute atomic E-state index is 0.181. The quantitative estimate of drug-likeness (QED) is 0.558. The van der Waals surface area contributed by atoms with Gasteiger partial charge in [-0.15, -0.1) is 0 Å². The van der Waals surface area contributed by atoms with Crippen LogP contribution in [0, 0.1) is 11.7 Å². The molecular formula is C19H30FNO2. The number of H-pyrrole nitrogens is 1. The number of aromatic carboxylic acids is 1. The average Bonchev–Trinajstić information content (AvgIpc) is 2.93. The first kappa shape index (κ1) is 18.0. The van der Waals surface area contributed by atoms with Crippen LogP contribution < -0.4 is 0 Å². The fourth-order valence-electron chi connectivity index (χ4n) is 3.85. The van der Waals surface area contributed by atoms with Crippen molar-refractivity contribution >= 4 is 5.97 Å². The Bertz CT molecular complexity index is 490. The second-order valence-corrected chi connectivity index (χ2v) is 7.01. The molecule has 0 saturated heterocycles. The van der Waals surface area contributed by atoms with Gasteiger partial charge in [0.1, 0.15) is 0 Å². The zero-order valence-electron chi connectivity index (χ0n) is 14.2. The highest BCUT2D eigenvalue weighted by Crippen LogP contribution is 2.39. The Kier molecular flexibility index (Phi) is 7.13. The lowest BCUT2D eigenvalue weighted by molar-refractivity contribution is 0.0686. The Hall–Kier alpha value is -1.32. The fraction of sp³-hybridized carbons (Fsp3) is 0.737. The van der Waals surface area contributed by atoms with E-state index in [1.807, 2.05) is 0 Å². The molecule has 1 aromatic rings. The van der Waals surface area contributed by atoms with Crippen molar-refractivity contribution in [2.45, 2.75) is 83.5 Å². The largest absolute Gasteiger partial charge is 0.476 e. The van der Waals surface area contributed by atoms with Crippen molar-refractivity contribution in [1.82, 2.24) is 4.98 Å². The molecule has 1 heterocycles. The summed E-state index contributed by atoms with van der Waals surface area (Å²) in [5.74, 6) is -0.819. The van der Waals surface area contributed by atoms with E-state index in [9.17, 15) is 9.18 Å². The number of hydrogen-bond acceptors (Lipinski definition) is 1. The van der Waals surface area contributed by atoms with Gasteiger partial charge < -0.3 is 10.1 Å². The lowest BCUT2D eigenvalue weighted by Gasteiger charge is -2.28. The van der Waals surface area contributed by atoms with E-state index in [1.165, 1.54) is 44.9 Å². The van der Waals surface area contributed by atoms with Crippen molar-refractivity contribution in [3.8, 4) is 0 Å². The summed E-state index contributed by atoms with van der Waals surface area (Å²) in [4.78, 5) is 13.5. The number of unbranched alkanes of at least 4 members (excludes halogenated alkanes) is 5. The monoisotopic (exact) mass is 323 g/mol. The van der Waals surface area contributed by atoms with Gasteiger partial charge in [-0.2, -0.15) is 0 Å². The highest BCUT2D eigenvalue weighted by Gasteiger charge is 2.27. The van der Waals surface area contributed by atoms with Crippen LogP contribution in [0.25, 0.3) is 0 Å². The van der Waals surface area contributed by atoms with Gasteiger partial charge in [-0.25, -0.2) is 9.18 Å². The van der Waals surface area contributed by atoms with Gasteiger partial charge in [0, 0.05) is 11.8 Å². The summed E-state index contributed by atoms with van der Waals surface area (Å²) < 4.78 is 14.1. The molecule has 4 heteroatoms. The summed E-state index contributed by atoms with van der Waals surface area (Å²) in [7, 11) is 0. The Morgan fingerprint density at radius 2 is 1.83 bits per heavy atom. The molecule has 2 rings (SSSR count). The van der Waals surface area contributed by atoms with E-state index in [1.54, 1.807) is 6.20 Å². The van der Waals surface area contributed by atoms with Crippen LogP contribution in [0.4, 0.5) is 4.39 Å². The summed E-state index contributed by atoms with van der Waals surface area (Å²) in [6.07, 6.45) is 15.1. The molecule has 23 heavy (non-hydrogen) atoms. The van der Waals surface area contributed by atoms with Crippen LogP contribution in [-0.2, 0) is 0 Å². The minimum atomic E-state index is -1.22. The van der Waals surface area contributed by atoms with Gasteiger partial charge in [-0.1, -0.05) is 51.9 Å². The Balaban J connectivity index is 1.71. The van der Waals surface area contributed by atoms with E-state index >= 15 is 0 Å². The molecular weight excluding hydrogens is 293 g/mol. The fourth-order valence-corrected chi connectivity index (χ4v) is 3.85. The molecule has 0 bridgehead atoms. The molecule has 2 N–H and O–H groups in total. The first-order chi connectivity index (χ1) is 11.1. The third-order valence-electron chi connectivity index (χ3n) is 5.31. The van der Waals surface area contributed by atoms with Crippen molar-refractivity contribution < 1.29 is 14.3 Å². The number of carboxylic acid groups (broad SMARTS) is 1. The van der Waals surface area contributed by atoms with E-state index in [0.29, 0.717) is 5.56 Å². The first-order valence-corrected chi connectivity index (χ1v) is 9.23. The molecule has 1 saturated carbocycles. The predicted molar refractivity (Wildman–Crippen MR) is 90.4 cm³/mol. The molecule has 1 aromatic heterocycles. The van der Waals surface area contributed by atoms with Crippen molar-refractivity contribution in [2.75, 3.05) is 0 Å². The predicted octanol–water partition coefficient (Wildman–Crippen LogP) is 5.88. The van der Waals surface area contributed by atoms with Gasteiger partial charge in [-0.05, 0) is 37.5 Å². The number of carbonyl (C=O) groups is 1. The second kappa shape index (κ2) is 9.09. The maximum Gasteiger partial charge on any atom is 0.355 e. The molecule has 0 radical (unpaired) electrons. The van der Waals surface area contributed by atoms with Gasteiger partial charge in [0.2, 0.25) is 0 Å². The summed E-state index contributed by atoms with van der Waals surface area (Å²) in [5, 5.41) is 8.92. The summed E-state index contributed by atoms with van der Waals surface area (Å²) in [6, 6.07) is 0. The normalized spacial score (nSPS) is 21.5. The molecule has 0 aliphatic heterocycles. The Labute approximate surface area is 138 Å². The number of rotatable bonds is 9. The van der Waals surface area contributed by atoms with E-state index in [0.717, 1.165) is 31.6 Å². The SMILES string of the molecule is CCCCCCCC[C@H]1CC[C@H](c2c[nH]c(C(=O)O)c2F)CC1. The number of nitrogens with one attached hydrogen (secondary N) is 1. The molecule has 1 fully saturated rings. The van der Waals surface area contributed by atoms with Crippen LogP contribution in [0.1, 0.15) is 99.5 Å². The smallest absolute Gasteiger partial charge is 0.355 e. The molecule has 0 atom stereocenters. The number of hydrogen-bond donors (Lipinski definition) is 2. The second-order valence-electron chi connectivity index (χ2n) is 7.01. The maximum atomic E-state index is 14.1. The zero-order valence-corrected chi connectivity index (χ0v) is 14.2. The maximum absolute atomic E-state index is 14.1. The minimum Gasteiger partial charge on any atom is -0.476 e. The van der Waals surface area contributed by atoms with Crippen molar-refractivity contribution in [3.05, 3.63) is 23.3 Å². The van der Waals surface area contributed by atoms with E-state index < -0.39 is 11.8 Å². The highest BCUT2D eigenvalue weighted by molar-refractivity contribution is 5.86. The van der Waals surface area contributed by atoms with E-state index in [4.69, 9.17) is 5.11 Å². The van der Waals surface area contributed by atoms with Crippen LogP contribution in [0.2, 0.25) is 0 Å². The summed E-state index contributed by atoms with van der Waals surface area (Å²) in [5.41, 5.74) is 0.273. The molecule has 1 aliphatic rings. The van der Waals surface area contributed by atoms with Crippen LogP contribution in [-0.4, -0.2) is 16.1 Å². The van der Waals surface area contributed by atoms with Gasteiger partial charge in [-0.3, -0.25) is 0 Å². The average molecular weight is 323 g/mol. The van der Waals surface area contributed by atoms with Gasteiger partial charge >= 0.3 is 5.97 Å².